The maximum absolute atomic E-state index is 15.7. The topological polar surface area (TPSA) is 149 Å². The number of morpholine rings is 1. The zero-order valence-electron chi connectivity index (χ0n) is 43.5. The fourth-order valence-corrected chi connectivity index (χ4v) is 12.2. The molecular formula is C56H53Cl4F5N10O5. The van der Waals surface area contributed by atoms with Gasteiger partial charge in [0.25, 0.3) is 0 Å². The maximum Gasteiger partial charge on any atom is 0.248 e. The summed E-state index contributed by atoms with van der Waals surface area (Å²) in [5, 5.41) is 15.0. The molecule has 420 valence electrons. The van der Waals surface area contributed by atoms with Gasteiger partial charge in [-0.3, -0.25) is 9.97 Å². The van der Waals surface area contributed by atoms with E-state index in [0.717, 1.165) is 51.3 Å². The summed E-state index contributed by atoms with van der Waals surface area (Å²) >= 11 is 25.1. The van der Waals surface area contributed by atoms with Crippen LogP contribution in [0.1, 0.15) is 95.1 Å². The number of ether oxygens (including phenoxy) is 5. The van der Waals surface area contributed by atoms with Crippen LogP contribution in [-0.2, 0) is 14.2 Å². The smallest absolute Gasteiger partial charge is 0.248 e. The normalized spacial score (nSPS) is 20.0. The second-order valence-corrected chi connectivity index (χ2v) is 22.1. The molecule has 10 heterocycles. The van der Waals surface area contributed by atoms with Crippen LogP contribution in [0.15, 0.2) is 73.6 Å². The first-order chi connectivity index (χ1) is 38.5. The summed E-state index contributed by atoms with van der Waals surface area (Å²) in [5.74, 6) is -3.84. The highest BCUT2D eigenvalue weighted by molar-refractivity contribution is 6.36. The molecule has 0 spiro atoms. The standard InChI is InChI=1S/C32H34Cl2F2N6O3.C24H19Cl2F3N4O2/c1-18(29-21(33)13-38-14-22(29)34)45-26-10-20-25(11-23(26)35)42(28-5-3-4-7-44-28)40-30(20)19-9-24(36)31(39-12-19)41-16-32(2,17-41)27-15-37-6-8-43-27;1-12(22-15(25)10-30-11-16(22)26)35-20-7-14-19(8-17(20)27)33(21-4-2-3-5-34-21)32-23(14)13-6-18(28)24(29)31-9-13/h9-14,18,27-28,37H,3-8,15-17H2,1-2H3;6-12,21H,2-5H2,1H3/t18-,27?,28?;12-,21?/m11/s1. The summed E-state index contributed by atoms with van der Waals surface area (Å²) in [5.41, 5.74) is 3.24. The zero-order valence-corrected chi connectivity index (χ0v) is 46.5. The number of anilines is 1. The third kappa shape index (κ3) is 11.2. The van der Waals surface area contributed by atoms with Crippen molar-refractivity contribution in [3.63, 3.8) is 0 Å². The number of nitrogens with one attached hydrogen (secondary N) is 1. The van der Waals surface area contributed by atoms with E-state index in [1.807, 2.05) is 4.90 Å². The molecule has 0 saturated carbocycles. The lowest BCUT2D eigenvalue weighted by Crippen LogP contribution is -2.64. The van der Waals surface area contributed by atoms with Gasteiger partial charge in [0.15, 0.2) is 53.0 Å². The lowest BCUT2D eigenvalue weighted by molar-refractivity contribution is -0.0627. The zero-order chi connectivity index (χ0) is 56.0. The molecule has 80 heavy (non-hydrogen) atoms. The van der Waals surface area contributed by atoms with Crippen molar-refractivity contribution in [2.75, 3.05) is 50.9 Å². The SMILES string of the molecule is C[C@@H](Oc1cc2c(-c3cnc(F)c(F)c3)nn(C3CCCCO3)c2cc1F)c1c(Cl)cncc1Cl.C[C@@H](Oc1cc2c(-c3cnc(N4CC(C)(C5CNCCO5)C4)c(F)c3)nn(C3CCCCO3)c2cc1F)c1c(Cl)cncc1Cl. The summed E-state index contributed by atoms with van der Waals surface area (Å²) < 4.78 is 107. The molecule has 8 aromatic rings. The number of pyridine rings is 4. The van der Waals surface area contributed by atoms with Crippen molar-refractivity contribution in [2.24, 2.45) is 5.41 Å². The van der Waals surface area contributed by atoms with E-state index in [0.29, 0.717) is 93.6 Å². The Bertz CT molecular complexity index is 3550. The fourth-order valence-electron chi connectivity index (χ4n) is 10.8. The van der Waals surface area contributed by atoms with Gasteiger partial charge in [-0.1, -0.05) is 53.3 Å². The van der Waals surface area contributed by atoms with E-state index in [2.05, 4.69) is 37.3 Å². The van der Waals surface area contributed by atoms with Crippen molar-refractivity contribution in [2.45, 2.75) is 90.1 Å². The molecule has 4 aliphatic rings. The summed E-state index contributed by atoms with van der Waals surface area (Å²) in [4.78, 5) is 17.8. The van der Waals surface area contributed by atoms with Gasteiger partial charge in [-0.05, 0) is 76.6 Å². The first-order valence-electron chi connectivity index (χ1n) is 26.2. The van der Waals surface area contributed by atoms with Crippen LogP contribution in [0.25, 0.3) is 44.3 Å². The molecule has 6 aromatic heterocycles. The van der Waals surface area contributed by atoms with Crippen LogP contribution in [0.4, 0.5) is 27.8 Å². The van der Waals surface area contributed by atoms with E-state index in [4.69, 9.17) is 75.2 Å². The largest absolute Gasteiger partial charge is 0.483 e. The molecule has 12 rings (SSSR count). The van der Waals surface area contributed by atoms with Gasteiger partial charge in [0, 0.05) is 127 Å². The van der Waals surface area contributed by atoms with Crippen molar-refractivity contribution in [3.05, 3.63) is 134 Å². The number of aromatic nitrogens is 8. The first kappa shape index (κ1) is 55.9. The molecule has 0 aliphatic carbocycles. The Balaban J connectivity index is 0.000000174. The van der Waals surface area contributed by atoms with Crippen LogP contribution in [0.5, 0.6) is 11.5 Å². The van der Waals surface area contributed by atoms with Gasteiger partial charge in [0.2, 0.25) is 5.95 Å². The lowest BCUT2D eigenvalue weighted by Gasteiger charge is -2.53. The van der Waals surface area contributed by atoms with E-state index >= 15 is 13.2 Å². The second-order valence-electron chi connectivity index (χ2n) is 20.5. The average molecular weight is 1180 g/mol. The molecule has 4 fully saturated rings. The first-order valence-corrected chi connectivity index (χ1v) is 27.7. The molecule has 24 heteroatoms. The number of benzene rings is 2. The number of rotatable bonds is 12. The Hall–Kier alpha value is -5.97. The fraction of sp³-hybridized carbons (Fsp3) is 0.393. The number of nitrogens with zero attached hydrogens (tertiary/aromatic N) is 9. The molecule has 0 amide bonds. The van der Waals surface area contributed by atoms with Gasteiger partial charge in [-0.2, -0.15) is 14.6 Å². The van der Waals surface area contributed by atoms with Crippen molar-refractivity contribution in [3.8, 4) is 34.0 Å². The van der Waals surface area contributed by atoms with Gasteiger partial charge in [0.05, 0.1) is 43.8 Å². The number of halogens is 9. The van der Waals surface area contributed by atoms with Gasteiger partial charge < -0.3 is 33.9 Å². The quantitative estimate of drug-likeness (QED) is 0.0914. The van der Waals surface area contributed by atoms with Gasteiger partial charge in [0.1, 0.15) is 23.6 Å². The van der Waals surface area contributed by atoms with Crippen LogP contribution in [-0.4, -0.2) is 91.6 Å². The summed E-state index contributed by atoms with van der Waals surface area (Å²) in [6, 6.07) is 8.15. The van der Waals surface area contributed by atoms with Crippen molar-refractivity contribution < 1.29 is 45.6 Å². The minimum absolute atomic E-state index is 0.0198. The molecule has 0 radical (unpaired) electrons. The predicted octanol–water partition coefficient (Wildman–Crippen LogP) is 13.8. The van der Waals surface area contributed by atoms with Gasteiger partial charge in [-0.15, -0.1) is 0 Å². The molecule has 3 unspecified atom stereocenters. The molecule has 5 atom stereocenters. The van der Waals surface area contributed by atoms with E-state index in [1.54, 1.807) is 35.5 Å². The van der Waals surface area contributed by atoms with E-state index in [1.165, 1.54) is 55.2 Å². The summed E-state index contributed by atoms with van der Waals surface area (Å²) in [6.07, 6.45) is 11.6. The number of hydrogen-bond acceptors (Lipinski definition) is 13. The Morgan fingerprint density at radius 2 is 1.09 bits per heavy atom. The number of fused-ring (bicyclic) bond motifs is 2. The van der Waals surface area contributed by atoms with Crippen LogP contribution in [0.3, 0.4) is 0 Å². The average Bonchev–Trinajstić information content (AvgIpc) is 4.06. The highest BCUT2D eigenvalue weighted by Crippen LogP contribution is 2.43. The summed E-state index contributed by atoms with van der Waals surface area (Å²) in [6.45, 7) is 10.3. The Kier molecular flexibility index (Phi) is 16.4. The second kappa shape index (κ2) is 23.5. The van der Waals surface area contributed by atoms with Crippen molar-refractivity contribution in [1.29, 1.82) is 0 Å². The molecule has 1 N–H and O–H groups in total. The molecule has 0 bridgehead atoms. The molecule has 4 saturated heterocycles. The third-order valence-corrected chi connectivity index (χ3v) is 16.1. The van der Waals surface area contributed by atoms with Crippen LogP contribution >= 0.6 is 46.4 Å². The monoisotopic (exact) mass is 1180 g/mol. The lowest BCUT2D eigenvalue weighted by atomic mass is 9.76. The molecule has 15 nitrogen and oxygen atoms in total. The third-order valence-electron chi connectivity index (χ3n) is 14.9. The van der Waals surface area contributed by atoms with Crippen LogP contribution < -0.4 is 19.7 Å². The number of hydrogen-bond donors (Lipinski definition) is 1. The molecule has 2 aromatic carbocycles. The highest BCUT2D eigenvalue weighted by atomic mass is 35.5. The van der Waals surface area contributed by atoms with Gasteiger partial charge >= 0.3 is 0 Å². The van der Waals surface area contributed by atoms with Gasteiger partial charge in [-0.25, -0.2) is 36.9 Å². The minimum atomic E-state index is -1.22. The molecular weight excluding hydrogens is 1130 g/mol. The van der Waals surface area contributed by atoms with Crippen molar-refractivity contribution in [1.82, 2.24) is 44.8 Å². The highest BCUT2D eigenvalue weighted by Gasteiger charge is 2.47. The Morgan fingerprint density at radius 3 is 1.52 bits per heavy atom. The molecule has 4 aliphatic heterocycles. The van der Waals surface area contributed by atoms with Crippen LogP contribution in [0, 0.1) is 34.6 Å². The Morgan fingerprint density at radius 1 is 0.600 bits per heavy atom. The van der Waals surface area contributed by atoms with E-state index in [9.17, 15) is 8.78 Å². The predicted molar refractivity (Wildman–Crippen MR) is 293 cm³/mol. The maximum atomic E-state index is 15.7. The summed E-state index contributed by atoms with van der Waals surface area (Å²) in [7, 11) is 0. The van der Waals surface area contributed by atoms with Crippen molar-refractivity contribution >= 4 is 74.0 Å². The van der Waals surface area contributed by atoms with E-state index < -0.39 is 47.7 Å². The van der Waals surface area contributed by atoms with E-state index in [-0.39, 0.29) is 56.4 Å². The minimum Gasteiger partial charge on any atom is -0.483 e. The Labute approximate surface area is 476 Å². The van der Waals surface area contributed by atoms with Crippen LogP contribution in [0.2, 0.25) is 20.1 Å².